The van der Waals surface area contributed by atoms with Crippen molar-refractivity contribution in [1.29, 1.82) is 0 Å². The summed E-state index contributed by atoms with van der Waals surface area (Å²) in [6.07, 6.45) is 4.00. The quantitative estimate of drug-likeness (QED) is 0.563. The highest BCUT2D eigenvalue weighted by Gasteiger charge is 2.23. The summed E-state index contributed by atoms with van der Waals surface area (Å²) < 4.78 is 7.22. The van der Waals surface area contributed by atoms with E-state index in [0.717, 1.165) is 36.6 Å². The van der Waals surface area contributed by atoms with Crippen molar-refractivity contribution in [2.24, 2.45) is 5.92 Å². The summed E-state index contributed by atoms with van der Waals surface area (Å²) in [6.45, 7) is 3.88. The zero-order valence-electron chi connectivity index (χ0n) is 17.2. The van der Waals surface area contributed by atoms with Gasteiger partial charge in [-0.15, -0.1) is 10.2 Å². The van der Waals surface area contributed by atoms with Crippen LogP contribution in [0, 0.1) is 5.92 Å². The number of methoxy groups -OCH3 is 1. The summed E-state index contributed by atoms with van der Waals surface area (Å²) in [5.74, 6) is 2.46. The third-order valence-corrected chi connectivity index (χ3v) is 6.11. The molecule has 0 bridgehead atoms. The molecule has 0 aliphatic carbocycles. The molecule has 1 atom stereocenters. The molecule has 156 valence electrons. The molecule has 1 aliphatic heterocycles. The van der Waals surface area contributed by atoms with Crippen LogP contribution in [0.5, 0.6) is 5.75 Å². The van der Waals surface area contributed by atoms with E-state index in [-0.39, 0.29) is 5.91 Å². The molecule has 1 unspecified atom stereocenters. The van der Waals surface area contributed by atoms with Gasteiger partial charge in [-0.05, 0) is 55.2 Å². The predicted molar refractivity (Wildman–Crippen MR) is 117 cm³/mol. The van der Waals surface area contributed by atoms with Crippen LogP contribution < -0.4 is 4.74 Å². The van der Waals surface area contributed by atoms with Crippen LogP contribution in [0.1, 0.15) is 19.8 Å². The van der Waals surface area contributed by atoms with Crippen LogP contribution in [0.4, 0.5) is 0 Å². The van der Waals surface area contributed by atoms with Gasteiger partial charge in [0, 0.05) is 19.3 Å². The molecule has 1 saturated heterocycles. The van der Waals surface area contributed by atoms with Crippen LogP contribution in [0.25, 0.3) is 17.2 Å². The number of carbonyl (C=O) groups excluding carboxylic acids is 1. The normalized spacial score (nSPS) is 16.5. The molecule has 0 saturated carbocycles. The van der Waals surface area contributed by atoms with Gasteiger partial charge in [-0.25, -0.2) is 0 Å². The van der Waals surface area contributed by atoms with Gasteiger partial charge in [0.05, 0.1) is 18.6 Å². The van der Waals surface area contributed by atoms with E-state index in [0.29, 0.717) is 22.7 Å². The van der Waals surface area contributed by atoms with E-state index in [1.54, 1.807) is 13.3 Å². The number of aromatic nitrogens is 4. The number of ether oxygens (including phenoxy) is 1. The third-order valence-electron chi connectivity index (χ3n) is 5.19. The van der Waals surface area contributed by atoms with Crippen molar-refractivity contribution >= 4 is 17.7 Å². The molecular weight excluding hydrogens is 398 g/mol. The number of piperidine rings is 1. The molecule has 0 radical (unpaired) electrons. The van der Waals surface area contributed by atoms with Crippen molar-refractivity contribution in [2.75, 3.05) is 26.0 Å². The van der Waals surface area contributed by atoms with Crippen molar-refractivity contribution in [3.63, 3.8) is 0 Å². The maximum absolute atomic E-state index is 12.7. The average Bonchev–Trinajstić information content (AvgIpc) is 3.22. The molecule has 3 heterocycles. The first-order valence-corrected chi connectivity index (χ1v) is 11.1. The van der Waals surface area contributed by atoms with Crippen LogP contribution in [0.15, 0.2) is 53.8 Å². The Morgan fingerprint density at radius 3 is 2.73 bits per heavy atom. The van der Waals surface area contributed by atoms with Crippen molar-refractivity contribution in [2.45, 2.75) is 24.9 Å². The van der Waals surface area contributed by atoms with E-state index in [9.17, 15) is 4.79 Å². The Balaban J connectivity index is 1.61. The average molecular weight is 424 g/mol. The fraction of sp³-hybridized carbons (Fsp3) is 0.364. The lowest BCUT2D eigenvalue weighted by Gasteiger charge is -2.30. The molecule has 8 heteroatoms. The smallest absolute Gasteiger partial charge is 0.233 e. The van der Waals surface area contributed by atoms with Gasteiger partial charge < -0.3 is 9.64 Å². The Morgan fingerprint density at radius 2 is 2.03 bits per heavy atom. The van der Waals surface area contributed by atoms with E-state index < -0.39 is 0 Å². The van der Waals surface area contributed by atoms with Gasteiger partial charge in [0.2, 0.25) is 5.91 Å². The van der Waals surface area contributed by atoms with Crippen molar-refractivity contribution in [3.05, 3.63) is 48.7 Å². The van der Waals surface area contributed by atoms with Crippen molar-refractivity contribution in [3.8, 4) is 23.0 Å². The molecule has 30 heavy (non-hydrogen) atoms. The third kappa shape index (κ3) is 4.48. The second-order valence-electron chi connectivity index (χ2n) is 7.43. The van der Waals surface area contributed by atoms with Crippen LogP contribution in [-0.2, 0) is 4.79 Å². The minimum absolute atomic E-state index is 0.148. The van der Waals surface area contributed by atoms with Crippen molar-refractivity contribution in [1.82, 2.24) is 24.6 Å². The lowest BCUT2D eigenvalue weighted by Crippen LogP contribution is -2.40. The zero-order valence-corrected chi connectivity index (χ0v) is 18.0. The summed E-state index contributed by atoms with van der Waals surface area (Å²) in [5.41, 5.74) is 1.62. The summed E-state index contributed by atoms with van der Waals surface area (Å²) in [4.78, 5) is 19.1. The van der Waals surface area contributed by atoms with E-state index in [1.165, 1.54) is 18.2 Å². The van der Waals surface area contributed by atoms with Crippen molar-refractivity contribution < 1.29 is 9.53 Å². The molecule has 7 nitrogen and oxygen atoms in total. The largest absolute Gasteiger partial charge is 0.497 e. The Morgan fingerprint density at radius 1 is 1.20 bits per heavy atom. The molecule has 0 N–H and O–H groups in total. The van der Waals surface area contributed by atoms with E-state index in [2.05, 4.69) is 22.1 Å². The predicted octanol–water partition coefficient (Wildman–Crippen LogP) is 3.69. The highest BCUT2D eigenvalue weighted by atomic mass is 32.2. The minimum atomic E-state index is 0.148. The molecule has 3 aromatic rings. The number of nitrogens with zero attached hydrogens (tertiary/aromatic N) is 5. The Hall–Kier alpha value is -2.87. The molecule has 1 fully saturated rings. The van der Waals surface area contributed by atoms with Crippen LogP contribution in [-0.4, -0.2) is 56.5 Å². The number of likely N-dealkylation sites (tertiary alicyclic amines) is 1. The number of hydrogen-bond acceptors (Lipinski definition) is 6. The first kappa shape index (κ1) is 20.4. The fourth-order valence-corrected chi connectivity index (χ4v) is 4.48. The molecule has 1 amide bonds. The lowest BCUT2D eigenvalue weighted by atomic mass is 10.0. The van der Waals surface area contributed by atoms with Gasteiger partial charge in [-0.1, -0.05) is 24.8 Å². The highest BCUT2D eigenvalue weighted by molar-refractivity contribution is 7.99. The van der Waals surface area contributed by atoms with Gasteiger partial charge in [-0.3, -0.25) is 14.3 Å². The Kier molecular flexibility index (Phi) is 6.32. The second kappa shape index (κ2) is 9.30. The molecule has 0 spiro atoms. The summed E-state index contributed by atoms with van der Waals surface area (Å²) in [6, 6.07) is 13.4. The second-order valence-corrected chi connectivity index (χ2v) is 8.37. The number of carbonyl (C=O) groups is 1. The SMILES string of the molecule is COc1ccc(-n2c(SCC(=O)N3CCCC(C)C3)nnc2-c2ccccn2)cc1. The summed E-state index contributed by atoms with van der Waals surface area (Å²) in [7, 11) is 1.64. The van der Waals surface area contributed by atoms with E-state index in [1.807, 2.05) is 51.9 Å². The summed E-state index contributed by atoms with van der Waals surface area (Å²) >= 11 is 1.41. The maximum Gasteiger partial charge on any atom is 0.233 e. The molecule has 1 aromatic carbocycles. The monoisotopic (exact) mass is 423 g/mol. The van der Waals surface area contributed by atoms with Gasteiger partial charge in [0.25, 0.3) is 0 Å². The van der Waals surface area contributed by atoms with E-state index >= 15 is 0 Å². The lowest BCUT2D eigenvalue weighted by molar-refractivity contribution is -0.130. The molecule has 4 rings (SSSR count). The van der Waals surface area contributed by atoms with Gasteiger partial charge in [-0.2, -0.15) is 0 Å². The topological polar surface area (TPSA) is 73.1 Å². The molecular formula is C22H25N5O2S. The summed E-state index contributed by atoms with van der Waals surface area (Å²) in [5, 5.41) is 9.42. The standard InChI is InChI=1S/C22H25N5O2S/c1-16-6-5-13-26(14-16)20(28)15-30-22-25-24-21(19-7-3-4-12-23-19)27(22)17-8-10-18(29-2)11-9-17/h3-4,7-12,16H,5-6,13-15H2,1-2H3. The fourth-order valence-electron chi connectivity index (χ4n) is 3.62. The first-order chi connectivity index (χ1) is 14.7. The van der Waals surface area contributed by atoms with Crippen LogP contribution in [0.3, 0.4) is 0 Å². The number of benzene rings is 1. The molecule has 1 aliphatic rings. The number of rotatable bonds is 6. The van der Waals surface area contributed by atoms with Gasteiger partial charge in [0.1, 0.15) is 11.4 Å². The first-order valence-electron chi connectivity index (χ1n) is 10.1. The number of hydrogen-bond donors (Lipinski definition) is 0. The zero-order chi connectivity index (χ0) is 20.9. The van der Waals surface area contributed by atoms with Gasteiger partial charge >= 0.3 is 0 Å². The highest BCUT2D eigenvalue weighted by Crippen LogP contribution is 2.28. The van der Waals surface area contributed by atoms with Crippen LogP contribution in [0.2, 0.25) is 0 Å². The van der Waals surface area contributed by atoms with Gasteiger partial charge in [0.15, 0.2) is 11.0 Å². The van der Waals surface area contributed by atoms with Crippen LogP contribution >= 0.6 is 11.8 Å². The number of amides is 1. The Labute approximate surface area is 180 Å². The Bertz CT molecular complexity index is 991. The molecule has 2 aromatic heterocycles. The number of thioether (sulfide) groups is 1. The maximum atomic E-state index is 12.7. The van der Waals surface area contributed by atoms with E-state index in [4.69, 9.17) is 4.74 Å². The minimum Gasteiger partial charge on any atom is -0.497 e. The number of pyridine rings is 1.